The molecule has 0 N–H and O–H groups in total. The molecule has 1 rings (SSSR count). The highest BCUT2D eigenvalue weighted by Gasteiger charge is 2.08. The van der Waals surface area contributed by atoms with E-state index in [0.717, 1.165) is 12.0 Å². The molecule has 0 amide bonds. The second kappa shape index (κ2) is 8.19. The monoisotopic (exact) mass is 280 g/mol. The molecule has 0 aliphatic carbocycles. The van der Waals surface area contributed by atoms with E-state index in [1.165, 1.54) is 0 Å². The maximum absolute atomic E-state index is 11.3. The van der Waals surface area contributed by atoms with E-state index in [1.54, 1.807) is 38.1 Å². The molecule has 0 spiro atoms. The first-order valence-corrected chi connectivity index (χ1v) is 6.64. The van der Waals surface area contributed by atoms with Crippen LogP contribution in [0.5, 0.6) is 5.75 Å². The van der Waals surface area contributed by atoms with Crippen molar-refractivity contribution in [3.05, 3.63) is 29.8 Å². The Kier molecular flexibility index (Phi) is 6.56. The van der Waals surface area contributed by atoms with Crippen LogP contribution in [0.3, 0.4) is 0 Å². The van der Waals surface area contributed by atoms with Crippen LogP contribution < -0.4 is 4.74 Å². The van der Waals surface area contributed by atoms with E-state index < -0.39 is 6.16 Å². The number of esters is 1. The minimum Gasteiger partial charge on any atom is -0.461 e. The standard InChI is InChI=1S/C15H20O5/c1-4-5-14(16)18-10-12-6-8-13(9-7-12)20-15(17)19-11(2)3/h6-9,11H,4-5,10H2,1-3H3. The molecule has 0 aromatic heterocycles. The Bertz CT molecular complexity index is 436. The highest BCUT2D eigenvalue weighted by Crippen LogP contribution is 2.14. The predicted octanol–water partition coefficient (Wildman–Crippen LogP) is 3.45. The van der Waals surface area contributed by atoms with Gasteiger partial charge < -0.3 is 14.2 Å². The fourth-order valence-electron chi connectivity index (χ4n) is 1.41. The molecule has 1 aromatic carbocycles. The predicted molar refractivity (Wildman–Crippen MR) is 73.4 cm³/mol. The van der Waals surface area contributed by atoms with Crippen LogP contribution in [0.4, 0.5) is 4.79 Å². The fraction of sp³-hybridized carbons (Fsp3) is 0.467. The van der Waals surface area contributed by atoms with Gasteiger partial charge in [0.05, 0.1) is 6.10 Å². The molecule has 5 heteroatoms. The molecule has 0 aliphatic heterocycles. The van der Waals surface area contributed by atoms with Gasteiger partial charge in [0.25, 0.3) is 0 Å². The zero-order valence-electron chi connectivity index (χ0n) is 12.0. The Labute approximate surface area is 118 Å². The van der Waals surface area contributed by atoms with E-state index >= 15 is 0 Å². The second-order valence-electron chi connectivity index (χ2n) is 4.57. The van der Waals surface area contributed by atoms with Crippen LogP contribution in [0.25, 0.3) is 0 Å². The molecule has 0 atom stereocenters. The molecule has 0 heterocycles. The van der Waals surface area contributed by atoms with Crippen molar-refractivity contribution < 1.29 is 23.8 Å². The number of hydrogen-bond donors (Lipinski definition) is 0. The maximum atomic E-state index is 11.3. The Morgan fingerprint density at radius 2 is 1.80 bits per heavy atom. The van der Waals surface area contributed by atoms with Crippen molar-refractivity contribution in [2.45, 2.75) is 46.3 Å². The van der Waals surface area contributed by atoms with E-state index in [9.17, 15) is 9.59 Å². The minimum atomic E-state index is -0.734. The Hall–Kier alpha value is -2.04. The van der Waals surface area contributed by atoms with Crippen LogP contribution in [-0.2, 0) is 20.9 Å². The van der Waals surface area contributed by atoms with Crippen molar-refractivity contribution >= 4 is 12.1 Å². The van der Waals surface area contributed by atoms with Crippen LogP contribution >= 0.6 is 0 Å². The molecule has 5 nitrogen and oxygen atoms in total. The zero-order valence-corrected chi connectivity index (χ0v) is 12.0. The molecule has 0 bridgehead atoms. The second-order valence-corrected chi connectivity index (χ2v) is 4.57. The molecule has 0 saturated heterocycles. The molecule has 0 fully saturated rings. The molecule has 20 heavy (non-hydrogen) atoms. The third-order valence-corrected chi connectivity index (χ3v) is 2.31. The summed E-state index contributed by atoms with van der Waals surface area (Å²) in [6, 6.07) is 6.73. The van der Waals surface area contributed by atoms with E-state index in [-0.39, 0.29) is 18.7 Å². The summed E-state index contributed by atoms with van der Waals surface area (Å²) in [5, 5.41) is 0. The minimum absolute atomic E-state index is 0.215. The number of ether oxygens (including phenoxy) is 3. The first-order chi connectivity index (χ1) is 9.51. The van der Waals surface area contributed by atoms with Gasteiger partial charge in [0.1, 0.15) is 12.4 Å². The number of carbonyl (C=O) groups is 2. The highest BCUT2D eigenvalue weighted by atomic mass is 16.7. The van der Waals surface area contributed by atoms with Crippen LogP contribution in [0.15, 0.2) is 24.3 Å². The number of rotatable bonds is 6. The van der Waals surface area contributed by atoms with Crippen molar-refractivity contribution in [2.75, 3.05) is 0 Å². The van der Waals surface area contributed by atoms with Gasteiger partial charge in [-0.2, -0.15) is 0 Å². The summed E-state index contributed by atoms with van der Waals surface area (Å²) < 4.78 is 14.9. The topological polar surface area (TPSA) is 61.8 Å². The Morgan fingerprint density at radius 1 is 1.15 bits per heavy atom. The van der Waals surface area contributed by atoms with Crippen molar-refractivity contribution in [3.8, 4) is 5.75 Å². The maximum Gasteiger partial charge on any atom is 0.514 e. The van der Waals surface area contributed by atoms with Crippen LogP contribution in [0.1, 0.15) is 39.2 Å². The summed E-state index contributed by atoms with van der Waals surface area (Å²) in [6.07, 6.45) is 0.230. The molecule has 1 aromatic rings. The molecule has 0 saturated carbocycles. The van der Waals surface area contributed by atoms with Crippen LogP contribution in [0, 0.1) is 0 Å². The van der Waals surface area contributed by atoms with E-state index in [0.29, 0.717) is 12.2 Å². The molecule has 0 radical (unpaired) electrons. The molecular formula is C15H20O5. The van der Waals surface area contributed by atoms with Crippen LogP contribution in [-0.4, -0.2) is 18.2 Å². The molecule has 0 unspecified atom stereocenters. The lowest BCUT2D eigenvalue weighted by atomic mass is 10.2. The smallest absolute Gasteiger partial charge is 0.461 e. The number of benzene rings is 1. The zero-order chi connectivity index (χ0) is 15.0. The Balaban J connectivity index is 2.44. The lowest BCUT2D eigenvalue weighted by Crippen LogP contribution is -2.15. The highest BCUT2D eigenvalue weighted by molar-refractivity contribution is 5.69. The first-order valence-electron chi connectivity index (χ1n) is 6.64. The van der Waals surface area contributed by atoms with Gasteiger partial charge >= 0.3 is 12.1 Å². The third-order valence-electron chi connectivity index (χ3n) is 2.31. The first kappa shape index (κ1) is 16.0. The number of hydrogen-bond acceptors (Lipinski definition) is 5. The quantitative estimate of drug-likeness (QED) is 0.590. The van der Waals surface area contributed by atoms with Gasteiger partial charge in [-0.05, 0) is 38.0 Å². The van der Waals surface area contributed by atoms with Gasteiger partial charge in [-0.1, -0.05) is 19.1 Å². The van der Waals surface area contributed by atoms with Crippen molar-refractivity contribution in [2.24, 2.45) is 0 Å². The summed E-state index contributed by atoms with van der Waals surface area (Å²) in [4.78, 5) is 22.5. The van der Waals surface area contributed by atoms with E-state index in [2.05, 4.69) is 0 Å². The summed E-state index contributed by atoms with van der Waals surface area (Å²) in [7, 11) is 0. The van der Waals surface area contributed by atoms with Crippen molar-refractivity contribution in [1.29, 1.82) is 0 Å². The van der Waals surface area contributed by atoms with Gasteiger partial charge in [0.15, 0.2) is 0 Å². The third kappa shape index (κ3) is 6.22. The molecular weight excluding hydrogens is 260 g/mol. The van der Waals surface area contributed by atoms with E-state index in [4.69, 9.17) is 14.2 Å². The van der Waals surface area contributed by atoms with Crippen molar-refractivity contribution in [3.63, 3.8) is 0 Å². The average molecular weight is 280 g/mol. The largest absolute Gasteiger partial charge is 0.514 e. The SMILES string of the molecule is CCCC(=O)OCc1ccc(OC(=O)OC(C)C)cc1. The fourth-order valence-corrected chi connectivity index (χ4v) is 1.41. The average Bonchev–Trinajstić information content (AvgIpc) is 2.37. The van der Waals surface area contributed by atoms with Gasteiger partial charge in [-0.15, -0.1) is 0 Å². The van der Waals surface area contributed by atoms with Gasteiger partial charge in [-0.3, -0.25) is 4.79 Å². The van der Waals surface area contributed by atoms with Crippen LogP contribution in [0.2, 0.25) is 0 Å². The van der Waals surface area contributed by atoms with Gasteiger partial charge in [0.2, 0.25) is 0 Å². The lowest BCUT2D eigenvalue weighted by Gasteiger charge is -2.09. The summed E-state index contributed by atoms with van der Waals surface area (Å²) >= 11 is 0. The van der Waals surface area contributed by atoms with E-state index in [1.807, 2.05) is 6.92 Å². The van der Waals surface area contributed by atoms with Crippen molar-refractivity contribution in [1.82, 2.24) is 0 Å². The molecule has 110 valence electrons. The summed E-state index contributed by atoms with van der Waals surface area (Å²) in [5.41, 5.74) is 0.832. The van der Waals surface area contributed by atoms with Gasteiger partial charge in [-0.25, -0.2) is 4.79 Å². The van der Waals surface area contributed by atoms with Gasteiger partial charge in [0, 0.05) is 6.42 Å². The Morgan fingerprint density at radius 3 is 2.35 bits per heavy atom. The summed E-state index contributed by atoms with van der Waals surface area (Å²) in [6.45, 7) is 5.63. The summed E-state index contributed by atoms with van der Waals surface area (Å²) in [5.74, 6) is 0.174. The normalized spacial score (nSPS) is 10.2. The molecule has 0 aliphatic rings. The lowest BCUT2D eigenvalue weighted by molar-refractivity contribution is -0.144. The number of carbonyl (C=O) groups excluding carboxylic acids is 2.